The van der Waals surface area contributed by atoms with Gasteiger partial charge in [-0.1, -0.05) is 24.4 Å². The summed E-state index contributed by atoms with van der Waals surface area (Å²) in [5.41, 5.74) is 0.389. The van der Waals surface area contributed by atoms with Gasteiger partial charge in [-0.25, -0.2) is 13.1 Å². The molecule has 1 N–H and O–H groups in total. The van der Waals surface area contributed by atoms with Crippen molar-refractivity contribution in [2.75, 3.05) is 26.2 Å². The van der Waals surface area contributed by atoms with Crippen molar-refractivity contribution in [3.8, 4) is 0 Å². The summed E-state index contributed by atoms with van der Waals surface area (Å²) in [4.78, 5) is 17.7. The summed E-state index contributed by atoms with van der Waals surface area (Å²) in [7, 11) is -2.12. The zero-order valence-electron chi connectivity index (χ0n) is 18.5. The number of hydrogen-bond donors (Lipinski definition) is 1. The number of aryl methyl sites for hydroxylation is 2. The van der Waals surface area contributed by atoms with Crippen LogP contribution in [0.4, 0.5) is 0 Å². The highest BCUT2D eigenvalue weighted by atomic mass is 35.5. The van der Waals surface area contributed by atoms with Crippen molar-refractivity contribution < 1.29 is 13.2 Å². The quantitative estimate of drug-likeness (QED) is 0.712. The molecule has 1 aromatic heterocycles. The average Bonchev–Trinajstić information content (AvgIpc) is 3.36. The maximum Gasteiger partial charge on any atom is 0.245 e. The van der Waals surface area contributed by atoms with Crippen LogP contribution in [0.3, 0.4) is 0 Å². The minimum absolute atomic E-state index is 0.00232. The summed E-state index contributed by atoms with van der Waals surface area (Å²) in [5, 5.41) is 4.22. The molecule has 0 spiro atoms. The van der Waals surface area contributed by atoms with Crippen LogP contribution in [0.1, 0.15) is 57.1 Å². The van der Waals surface area contributed by atoms with Crippen molar-refractivity contribution in [1.29, 1.82) is 0 Å². The maximum atomic E-state index is 13.0. The molecule has 2 saturated carbocycles. The van der Waals surface area contributed by atoms with Gasteiger partial charge in [0.05, 0.1) is 5.69 Å². The Kier molecular flexibility index (Phi) is 6.96. The zero-order chi connectivity index (χ0) is 22.2. The SMILES string of the molecule is Cc1nn(C)c(Cl)c1S(=O)(=O)NC1CCC(C(=O)N2CCN(C3CCCC3)CC2)CC1. The lowest BCUT2D eigenvalue weighted by Crippen LogP contribution is -2.53. The fourth-order valence-electron chi connectivity index (χ4n) is 5.49. The monoisotopic (exact) mass is 471 g/mol. The van der Waals surface area contributed by atoms with Crippen molar-refractivity contribution in [2.24, 2.45) is 13.0 Å². The summed E-state index contributed by atoms with van der Waals surface area (Å²) in [6.07, 6.45) is 8.04. The number of halogens is 1. The number of rotatable bonds is 5. The largest absolute Gasteiger partial charge is 0.340 e. The third kappa shape index (κ3) is 4.94. The van der Waals surface area contributed by atoms with E-state index in [1.54, 1.807) is 14.0 Å². The summed E-state index contributed by atoms with van der Waals surface area (Å²) in [6.45, 7) is 5.25. The van der Waals surface area contributed by atoms with Crippen molar-refractivity contribution >= 4 is 27.5 Å². The highest BCUT2D eigenvalue weighted by molar-refractivity contribution is 7.89. The van der Waals surface area contributed by atoms with E-state index in [4.69, 9.17) is 11.6 Å². The molecule has 1 aromatic rings. The Morgan fingerprint density at radius 1 is 1.03 bits per heavy atom. The van der Waals surface area contributed by atoms with Crippen molar-refractivity contribution in [3.63, 3.8) is 0 Å². The number of piperazine rings is 1. The molecule has 31 heavy (non-hydrogen) atoms. The lowest BCUT2D eigenvalue weighted by atomic mass is 9.85. The van der Waals surface area contributed by atoms with Crippen LogP contribution < -0.4 is 4.72 Å². The van der Waals surface area contributed by atoms with Gasteiger partial charge in [0.2, 0.25) is 15.9 Å². The minimum atomic E-state index is -3.74. The van der Waals surface area contributed by atoms with E-state index in [1.165, 1.54) is 30.4 Å². The van der Waals surface area contributed by atoms with Gasteiger partial charge in [-0.3, -0.25) is 14.4 Å². The number of carbonyl (C=O) groups excluding carboxylic acids is 1. The Balaban J connectivity index is 1.27. The van der Waals surface area contributed by atoms with Crippen LogP contribution >= 0.6 is 11.6 Å². The molecular weight excluding hydrogens is 438 g/mol. The highest BCUT2D eigenvalue weighted by Crippen LogP contribution is 2.30. The molecule has 2 aliphatic carbocycles. The first-order valence-electron chi connectivity index (χ1n) is 11.5. The number of carbonyl (C=O) groups is 1. The molecule has 4 rings (SSSR count). The third-order valence-corrected chi connectivity index (χ3v) is 9.45. The Bertz CT molecular complexity index is 896. The normalized spacial score (nSPS) is 26.5. The highest BCUT2D eigenvalue weighted by Gasteiger charge is 2.35. The van der Waals surface area contributed by atoms with Crippen LogP contribution in [0.5, 0.6) is 0 Å². The van der Waals surface area contributed by atoms with Gasteiger partial charge in [0.15, 0.2) is 0 Å². The Labute approximate surface area is 190 Å². The molecule has 1 saturated heterocycles. The van der Waals surface area contributed by atoms with Crippen LogP contribution in [-0.2, 0) is 21.9 Å². The number of amides is 1. The summed E-state index contributed by atoms with van der Waals surface area (Å²) < 4.78 is 29.8. The predicted molar refractivity (Wildman–Crippen MR) is 119 cm³/mol. The first-order chi connectivity index (χ1) is 14.8. The standard InChI is InChI=1S/C21H34ClN5O3S/c1-15-19(20(22)25(2)23-15)31(29,30)24-17-9-7-16(8-10-17)21(28)27-13-11-26(12-14-27)18-5-3-4-6-18/h16-18,24H,3-14H2,1-2H3. The van der Waals surface area contributed by atoms with Crippen LogP contribution in [0.15, 0.2) is 4.90 Å². The van der Waals surface area contributed by atoms with E-state index in [-0.39, 0.29) is 27.9 Å². The molecule has 1 amide bonds. The topological polar surface area (TPSA) is 87.5 Å². The summed E-state index contributed by atoms with van der Waals surface area (Å²) >= 11 is 6.15. The fraction of sp³-hybridized carbons (Fsp3) is 0.810. The van der Waals surface area contributed by atoms with Gasteiger partial charge in [0.25, 0.3) is 0 Å². The second-order valence-corrected chi connectivity index (χ2v) is 11.3. The number of hydrogen-bond acceptors (Lipinski definition) is 5. The number of nitrogens with zero attached hydrogens (tertiary/aromatic N) is 4. The van der Waals surface area contributed by atoms with Crippen LogP contribution in [0.25, 0.3) is 0 Å². The van der Waals surface area contributed by atoms with Gasteiger partial charge in [-0.2, -0.15) is 5.10 Å². The predicted octanol–water partition coefficient (Wildman–Crippen LogP) is 2.31. The number of nitrogens with one attached hydrogen (secondary N) is 1. The Morgan fingerprint density at radius 2 is 1.65 bits per heavy atom. The van der Waals surface area contributed by atoms with E-state index in [0.29, 0.717) is 31.4 Å². The van der Waals surface area contributed by atoms with E-state index >= 15 is 0 Å². The van der Waals surface area contributed by atoms with Gasteiger partial charge in [0, 0.05) is 51.2 Å². The molecule has 10 heteroatoms. The van der Waals surface area contributed by atoms with Gasteiger partial charge in [-0.05, 0) is 45.4 Å². The first-order valence-corrected chi connectivity index (χ1v) is 13.4. The van der Waals surface area contributed by atoms with Crippen LogP contribution in [-0.4, -0.2) is 72.2 Å². The maximum absolute atomic E-state index is 13.0. The molecule has 0 radical (unpaired) electrons. The second kappa shape index (κ2) is 9.37. The van der Waals surface area contributed by atoms with Crippen molar-refractivity contribution in [2.45, 2.75) is 75.3 Å². The van der Waals surface area contributed by atoms with E-state index in [0.717, 1.165) is 32.2 Å². The molecule has 174 valence electrons. The van der Waals surface area contributed by atoms with E-state index in [2.05, 4.69) is 14.7 Å². The molecule has 8 nitrogen and oxygen atoms in total. The fourth-order valence-corrected chi connectivity index (χ4v) is 7.54. The van der Waals surface area contributed by atoms with Crippen LogP contribution in [0.2, 0.25) is 5.15 Å². The van der Waals surface area contributed by atoms with Gasteiger partial charge in [0.1, 0.15) is 10.0 Å². The van der Waals surface area contributed by atoms with Gasteiger partial charge >= 0.3 is 0 Å². The smallest absolute Gasteiger partial charge is 0.245 e. The molecule has 0 atom stereocenters. The van der Waals surface area contributed by atoms with Crippen LogP contribution in [0, 0.1) is 12.8 Å². The first kappa shape index (κ1) is 23.0. The third-order valence-electron chi connectivity index (χ3n) is 7.23. The molecule has 3 aliphatic rings. The van der Waals surface area contributed by atoms with Gasteiger partial charge in [-0.15, -0.1) is 0 Å². The molecule has 0 bridgehead atoms. The molecule has 2 heterocycles. The molecule has 3 fully saturated rings. The molecule has 0 aromatic carbocycles. The minimum Gasteiger partial charge on any atom is -0.340 e. The lowest BCUT2D eigenvalue weighted by Gasteiger charge is -2.40. The second-order valence-electron chi connectivity index (χ2n) is 9.30. The van der Waals surface area contributed by atoms with E-state index < -0.39 is 10.0 Å². The molecular formula is C21H34ClN5O3S. The van der Waals surface area contributed by atoms with Gasteiger partial charge < -0.3 is 4.90 Å². The lowest BCUT2D eigenvalue weighted by molar-refractivity contribution is -0.138. The van der Waals surface area contributed by atoms with Crippen molar-refractivity contribution in [3.05, 3.63) is 10.8 Å². The van der Waals surface area contributed by atoms with Crippen molar-refractivity contribution in [1.82, 2.24) is 24.3 Å². The summed E-state index contributed by atoms with van der Waals surface area (Å²) in [5.74, 6) is 0.251. The molecule has 1 aliphatic heterocycles. The number of aromatic nitrogens is 2. The average molecular weight is 472 g/mol. The molecule has 0 unspecified atom stereocenters. The van der Waals surface area contributed by atoms with E-state index in [1.807, 2.05) is 4.90 Å². The Morgan fingerprint density at radius 3 is 2.19 bits per heavy atom. The Hall–Kier alpha value is -1.16. The summed E-state index contributed by atoms with van der Waals surface area (Å²) in [6, 6.07) is 0.543. The van der Waals surface area contributed by atoms with E-state index in [9.17, 15) is 13.2 Å². The number of sulfonamides is 1. The zero-order valence-corrected chi connectivity index (χ0v) is 20.1.